The Labute approximate surface area is 68.1 Å². The molecule has 0 aromatic carbocycles. The SMILES string of the molecule is CS(=O)Cc1cccnc1N. The Morgan fingerprint density at radius 3 is 3.00 bits per heavy atom. The molecular weight excluding hydrogens is 160 g/mol. The Hall–Kier alpha value is -0.900. The fraction of sp³-hybridized carbons (Fsp3) is 0.286. The van der Waals surface area contributed by atoms with E-state index in [1.165, 1.54) is 0 Å². The number of nitrogens with zero attached hydrogens (tertiary/aromatic N) is 1. The number of hydrogen-bond donors (Lipinski definition) is 1. The second-order valence-electron chi connectivity index (χ2n) is 2.27. The van der Waals surface area contributed by atoms with E-state index < -0.39 is 10.8 Å². The summed E-state index contributed by atoms with van der Waals surface area (Å²) in [6, 6.07) is 3.63. The van der Waals surface area contributed by atoms with Gasteiger partial charge in [-0.05, 0) is 6.07 Å². The largest absolute Gasteiger partial charge is 0.383 e. The van der Waals surface area contributed by atoms with Crippen LogP contribution in [-0.2, 0) is 16.6 Å². The number of nitrogen functional groups attached to an aromatic ring is 1. The summed E-state index contributed by atoms with van der Waals surface area (Å²) in [6.07, 6.45) is 3.27. The molecule has 11 heavy (non-hydrogen) atoms. The standard InChI is InChI=1S/C7H10N2OS/c1-11(10)5-6-3-2-4-9-7(6)8/h2-4H,5H2,1H3,(H2,8,9). The van der Waals surface area contributed by atoms with Crippen LogP contribution in [0.2, 0.25) is 0 Å². The van der Waals surface area contributed by atoms with E-state index in [0.717, 1.165) is 5.56 Å². The normalized spacial score (nSPS) is 12.8. The summed E-state index contributed by atoms with van der Waals surface area (Å²) in [6.45, 7) is 0. The van der Waals surface area contributed by atoms with Crippen LogP contribution in [0.3, 0.4) is 0 Å². The van der Waals surface area contributed by atoms with Crippen LogP contribution < -0.4 is 5.73 Å². The summed E-state index contributed by atoms with van der Waals surface area (Å²) >= 11 is 0. The van der Waals surface area contributed by atoms with Crippen molar-refractivity contribution in [1.29, 1.82) is 0 Å². The molecule has 3 nitrogen and oxygen atoms in total. The van der Waals surface area contributed by atoms with E-state index in [9.17, 15) is 4.21 Å². The van der Waals surface area contributed by atoms with Crippen molar-refractivity contribution in [3.05, 3.63) is 23.9 Å². The maximum atomic E-state index is 10.8. The van der Waals surface area contributed by atoms with Crippen molar-refractivity contribution >= 4 is 16.6 Å². The molecule has 0 aliphatic carbocycles. The summed E-state index contributed by atoms with van der Waals surface area (Å²) in [4.78, 5) is 3.88. The second-order valence-corrected chi connectivity index (χ2v) is 3.70. The van der Waals surface area contributed by atoms with Gasteiger partial charge in [0.25, 0.3) is 0 Å². The zero-order chi connectivity index (χ0) is 8.27. The molecule has 0 fully saturated rings. The third-order valence-electron chi connectivity index (χ3n) is 1.28. The monoisotopic (exact) mass is 170 g/mol. The maximum Gasteiger partial charge on any atom is 0.127 e. The van der Waals surface area contributed by atoms with Crippen molar-refractivity contribution in [2.45, 2.75) is 5.75 Å². The molecule has 60 valence electrons. The highest BCUT2D eigenvalue weighted by Crippen LogP contribution is 2.08. The number of nitrogens with two attached hydrogens (primary N) is 1. The second kappa shape index (κ2) is 3.48. The fourth-order valence-electron chi connectivity index (χ4n) is 0.792. The first-order chi connectivity index (χ1) is 5.20. The van der Waals surface area contributed by atoms with E-state index >= 15 is 0 Å². The van der Waals surface area contributed by atoms with Crippen LogP contribution in [0.15, 0.2) is 18.3 Å². The molecule has 2 N–H and O–H groups in total. The minimum Gasteiger partial charge on any atom is -0.383 e. The molecule has 1 atom stereocenters. The lowest BCUT2D eigenvalue weighted by atomic mass is 10.3. The van der Waals surface area contributed by atoms with Gasteiger partial charge in [0.1, 0.15) is 5.82 Å². The molecule has 1 rings (SSSR count). The van der Waals surface area contributed by atoms with Gasteiger partial charge in [0.05, 0.1) is 5.75 Å². The summed E-state index contributed by atoms with van der Waals surface area (Å²) < 4.78 is 10.8. The zero-order valence-corrected chi connectivity index (χ0v) is 7.10. The molecule has 0 bridgehead atoms. The first-order valence-corrected chi connectivity index (χ1v) is 4.92. The van der Waals surface area contributed by atoms with Gasteiger partial charge >= 0.3 is 0 Å². The summed E-state index contributed by atoms with van der Waals surface area (Å²) in [5, 5.41) is 0. The topological polar surface area (TPSA) is 56.0 Å². The molecule has 0 radical (unpaired) electrons. The molecule has 1 aromatic rings. The highest BCUT2D eigenvalue weighted by Gasteiger charge is 1.99. The summed E-state index contributed by atoms with van der Waals surface area (Å²) in [5.74, 6) is 0.961. The Bertz CT molecular complexity index is 275. The summed E-state index contributed by atoms with van der Waals surface area (Å²) in [7, 11) is -0.847. The third-order valence-corrected chi connectivity index (χ3v) is 2.00. The molecule has 1 unspecified atom stereocenters. The van der Waals surface area contributed by atoms with Crippen molar-refractivity contribution in [3.63, 3.8) is 0 Å². The Morgan fingerprint density at radius 2 is 2.45 bits per heavy atom. The molecule has 0 aliphatic rings. The van der Waals surface area contributed by atoms with E-state index in [4.69, 9.17) is 5.73 Å². The number of pyridine rings is 1. The van der Waals surface area contributed by atoms with Crippen LogP contribution in [0.4, 0.5) is 5.82 Å². The predicted molar refractivity (Wildman–Crippen MR) is 46.4 cm³/mol. The quantitative estimate of drug-likeness (QED) is 0.705. The molecule has 4 heteroatoms. The third kappa shape index (κ3) is 2.31. The molecule has 1 heterocycles. The highest BCUT2D eigenvalue weighted by molar-refractivity contribution is 7.83. The molecule has 0 spiro atoms. The average molecular weight is 170 g/mol. The predicted octanol–water partition coefficient (Wildman–Crippen LogP) is 0.542. The van der Waals surface area contributed by atoms with Crippen LogP contribution in [0.1, 0.15) is 5.56 Å². The minimum atomic E-state index is -0.847. The highest BCUT2D eigenvalue weighted by atomic mass is 32.2. The number of hydrogen-bond acceptors (Lipinski definition) is 3. The van der Waals surface area contributed by atoms with E-state index in [-0.39, 0.29) is 0 Å². The van der Waals surface area contributed by atoms with Crippen molar-refractivity contribution in [1.82, 2.24) is 4.98 Å². The first kappa shape index (κ1) is 8.20. The molecule has 0 saturated carbocycles. The van der Waals surface area contributed by atoms with Crippen LogP contribution in [0.5, 0.6) is 0 Å². The molecule has 1 aromatic heterocycles. The van der Waals surface area contributed by atoms with Gasteiger partial charge in [-0.15, -0.1) is 0 Å². The summed E-state index contributed by atoms with van der Waals surface area (Å²) in [5.41, 5.74) is 6.38. The van der Waals surface area contributed by atoms with Crippen LogP contribution in [0, 0.1) is 0 Å². The average Bonchev–Trinajstić information content (AvgIpc) is 1.93. The van der Waals surface area contributed by atoms with Crippen molar-refractivity contribution in [2.24, 2.45) is 0 Å². The van der Waals surface area contributed by atoms with Gasteiger partial charge in [-0.3, -0.25) is 4.21 Å². The van der Waals surface area contributed by atoms with Gasteiger partial charge in [-0.25, -0.2) is 4.98 Å². The number of aromatic nitrogens is 1. The van der Waals surface area contributed by atoms with Gasteiger partial charge < -0.3 is 5.73 Å². The lowest BCUT2D eigenvalue weighted by Gasteiger charge is -1.99. The number of anilines is 1. The Kier molecular flexibility index (Phi) is 2.59. The van der Waals surface area contributed by atoms with Gasteiger partial charge in [0.2, 0.25) is 0 Å². The van der Waals surface area contributed by atoms with Crippen molar-refractivity contribution in [3.8, 4) is 0 Å². The van der Waals surface area contributed by atoms with Gasteiger partial charge in [-0.2, -0.15) is 0 Å². The van der Waals surface area contributed by atoms with Crippen LogP contribution in [-0.4, -0.2) is 15.4 Å². The van der Waals surface area contributed by atoms with Crippen molar-refractivity contribution in [2.75, 3.05) is 12.0 Å². The molecule has 0 saturated heterocycles. The van der Waals surface area contributed by atoms with E-state index in [1.807, 2.05) is 6.07 Å². The smallest absolute Gasteiger partial charge is 0.127 e. The van der Waals surface area contributed by atoms with E-state index in [1.54, 1.807) is 18.5 Å². The Balaban J connectivity index is 2.86. The van der Waals surface area contributed by atoms with Crippen molar-refractivity contribution < 1.29 is 4.21 Å². The maximum absolute atomic E-state index is 10.8. The van der Waals surface area contributed by atoms with Gasteiger partial charge in [0.15, 0.2) is 0 Å². The Morgan fingerprint density at radius 1 is 1.73 bits per heavy atom. The van der Waals surface area contributed by atoms with E-state index in [2.05, 4.69) is 4.98 Å². The van der Waals surface area contributed by atoms with Gasteiger partial charge in [-0.1, -0.05) is 6.07 Å². The lowest BCUT2D eigenvalue weighted by Crippen LogP contribution is -1.99. The molecule has 0 amide bonds. The number of rotatable bonds is 2. The van der Waals surface area contributed by atoms with Crippen LogP contribution in [0.25, 0.3) is 0 Å². The molecular formula is C7H10N2OS. The lowest BCUT2D eigenvalue weighted by molar-refractivity contribution is 0.686. The van der Waals surface area contributed by atoms with Crippen LogP contribution >= 0.6 is 0 Å². The van der Waals surface area contributed by atoms with E-state index in [0.29, 0.717) is 11.6 Å². The first-order valence-electron chi connectivity index (χ1n) is 3.19. The van der Waals surface area contributed by atoms with Gasteiger partial charge in [0, 0.05) is 28.8 Å². The molecule has 0 aliphatic heterocycles. The zero-order valence-electron chi connectivity index (χ0n) is 6.28. The fourth-order valence-corrected chi connectivity index (χ4v) is 1.47. The minimum absolute atomic E-state index is 0.475.